The first-order valence-electron chi connectivity index (χ1n) is 8.01. The van der Waals surface area contributed by atoms with Gasteiger partial charge in [0.05, 0.1) is 19.8 Å². The first-order valence-corrected chi connectivity index (χ1v) is 8.01. The Balaban J connectivity index is 2.03. The van der Waals surface area contributed by atoms with Crippen LogP contribution >= 0.6 is 0 Å². The van der Waals surface area contributed by atoms with Crippen LogP contribution in [0, 0.1) is 18.7 Å². The minimum absolute atomic E-state index is 0.184. The number of benzene rings is 1. The number of rotatable bonds is 6. The van der Waals surface area contributed by atoms with Crippen molar-refractivity contribution in [1.29, 1.82) is 0 Å². The number of piperidine rings is 1. The fourth-order valence-corrected chi connectivity index (χ4v) is 2.98. The molecule has 0 radical (unpaired) electrons. The molecule has 1 amide bonds. The Bertz CT molecular complexity index is 498. The summed E-state index contributed by atoms with van der Waals surface area (Å²) in [6.07, 6.45) is 1.46. The van der Waals surface area contributed by atoms with Crippen LogP contribution in [0.4, 0.5) is 9.18 Å². The van der Waals surface area contributed by atoms with Crippen molar-refractivity contribution in [2.45, 2.75) is 25.9 Å². The molecule has 1 unspecified atom stereocenters. The molecule has 1 aromatic carbocycles. The molecule has 128 valence electrons. The second-order valence-electron chi connectivity index (χ2n) is 5.88. The van der Waals surface area contributed by atoms with Crippen LogP contribution in [0.1, 0.15) is 30.1 Å². The molecule has 1 aromatic rings. The Morgan fingerprint density at radius 2 is 2.30 bits per heavy atom. The van der Waals surface area contributed by atoms with Crippen LogP contribution < -0.4 is 10.6 Å². The fourth-order valence-electron chi connectivity index (χ4n) is 2.98. The predicted octanol–water partition coefficient (Wildman–Crippen LogP) is 2.55. The molecule has 0 saturated carbocycles. The van der Waals surface area contributed by atoms with E-state index in [2.05, 4.69) is 15.4 Å². The number of nitrogens with one attached hydrogen (secondary N) is 2. The molecule has 1 fully saturated rings. The topological polar surface area (TPSA) is 59.6 Å². The van der Waals surface area contributed by atoms with Crippen molar-refractivity contribution >= 4 is 6.09 Å². The third-order valence-electron chi connectivity index (χ3n) is 4.01. The van der Waals surface area contributed by atoms with Crippen LogP contribution in [0.2, 0.25) is 0 Å². The van der Waals surface area contributed by atoms with Crippen LogP contribution in [0.25, 0.3) is 0 Å². The highest BCUT2D eigenvalue weighted by atomic mass is 19.1. The Kier molecular flexibility index (Phi) is 6.80. The van der Waals surface area contributed by atoms with Crippen LogP contribution in [-0.4, -0.2) is 39.4 Å². The van der Waals surface area contributed by atoms with Crippen molar-refractivity contribution in [2.75, 3.05) is 33.4 Å². The standard InChI is InChI=1S/C17H25FN2O3/c1-12-8-14(10-15(18)9-12)16(13-4-3-5-19-11-13)23-7-6-20-17(21)22-2/h8-10,13,16,19H,3-7,11H2,1-2H3,(H,20,21)/t13?,16-/m1/s1. The van der Waals surface area contributed by atoms with E-state index < -0.39 is 6.09 Å². The van der Waals surface area contributed by atoms with Gasteiger partial charge in [0.2, 0.25) is 0 Å². The molecular weight excluding hydrogens is 299 g/mol. The molecule has 23 heavy (non-hydrogen) atoms. The number of ether oxygens (including phenoxy) is 2. The normalized spacial score (nSPS) is 19.2. The number of hydrogen-bond acceptors (Lipinski definition) is 4. The van der Waals surface area contributed by atoms with Gasteiger partial charge in [0.25, 0.3) is 0 Å². The van der Waals surface area contributed by atoms with Gasteiger partial charge < -0.3 is 20.1 Å². The Labute approximate surface area is 136 Å². The molecule has 1 aliphatic heterocycles. The average Bonchev–Trinajstić information content (AvgIpc) is 2.54. The molecule has 1 saturated heterocycles. The van der Waals surface area contributed by atoms with E-state index in [0.29, 0.717) is 19.1 Å². The van der Waals surface area contributed by atoms with E-state index in [1.807, 2.05) is 13.0 Å². The van der Waals surface area contributed by atoms with Gasteiger partial charge >= 0.3 is 6.09 Å². The van der Waals surface area contributed by atoms with Crippen molar-refractivity contribution in [3.63, 3.8) is 0 Å². The van der Waals surface area contributed by atoms with E-state index in [0.717, 1.165) is 37.1 Å². The maximum absolute atomic E-state index is 13.8. The number of halogens is 1. The molecule has 0 spiro atoms. The molecule has 0 bridgehead atoms. The highest BCUT2D eigenvalue weighted by molar-refractivity contribution is 5.66. The van der Waals surface area contributed by atoms with E-state index in [1.54, 1.807) is 6.07 Å². The van der Waals surface area contributed by atoms with Gasteiger partial charge in [0, 0.05) is 19.0 Å². The lowest BCUT2D eigenvalue weighted by Crippen LogP contribution is -2.35. The fraction of sp³-hybridized carbons (Fsp3) is 0.588. The number of hydrogen-bond donors (Lipinski definition) is 2. The number of methoxy groups -OCH3 is 1. The summed E-state index contributed by atoms with van der Waals surface area (Å²) in [6.45, 7) is 4.45. The maximum Gasteiger partial charge on any atom is 0.406 e. The smallest absolute Gasteiger partial charge is 0.406 e. The summed E-state index contributed by atoms with van der Waals surface area (Å²) in [4.78, 5) is 11.1. The van der Waals surface area contributed by atoms with Gasteiger partial charge in [-0.1, -0.05) is 6.07 Å². The lowest BCUT2D eigenvalue weighted by molar-refractivity contribution is 0.00454. The molecule has 1 heterocycles. The summed E-state index contributed by atoms with van der Waals surface area (Å²) >= 11 is 0. The molecule has 5 nitrogen and oxygen atoms in total. The zero-order valence-electron chi connectivity index (χ0n) is 13.7. The number of aryl methyl sites for hydroxylation is 1. The van der Waals surface area contributed by atoms with Gasteiger partial charge in [-0.3, -0.25) is 0 Å². The molecule has 0 aromatic heterocycles. The average molecular weight is 324 g/mol. The summed E-state index contributed by atoms with van der Waals surface area (Å²) in [5.74, 6) is 0.0492. The molecular formula is C17H25FN2O3. The van der Waals surface area contributed by atoms with Crippen molar-refractivity contribution in [3.8, 4) is 0 Å². The Morgan fingerprint density at radius 1 is 1.48 bits per heavy atom. The molecule has 0 aliphatic carbocycles. The van der Waals surface area contributed by atoms with Crippen LogP contribution in [-0.2, 0) is 9.47 Å². The largest absolute Gasteiger partial charge is 0.453 e. The van der Waals surface area contributed by atoms with Crippen molar-refractivity contribution in [2.24, 2.45) is 5.92 Å². The highest BCUT2D eigenvalue weighted by Gasteiger charge is 2.26. The third kappa shape index (κ3) is 5.48. The van der Waals surface area contributed by atoms with Crippen LogP contribution in [0.3, 0.4) is 0 Å². The summed E-state index contributed by atoms with van der Waals surface area (Å²) in [5.41, 5.74) is 1.74. The quantitative estimate of drug-likeness (QED) is 0.790. The van der Waals surface area contributed by atoms with E-state index in [4.69, 9.17) is 4.74 Å². The number of amides is 1. The van der Waals surface area contributed by atoms with Gasteiger partial charge in [-0.2, -0.15) is 0 Å². The second-order valence-corrected chi connectivity index (χ2v) is 5.88. The first kappa shape index (κ1) is 17.7. The Hall–Kier alpha value is -1.66. The van der Waals surface area contributed by atoms with Crippen LogP contribution in [0.5, 0.6) is 0 Å². The van der Waals surface area contributed by atoms with Crippen LogP contribution in [0.15, 0.2) is 18.2 Å². The van der Waals surface area contributed by atoms with E-state index in [9.17, 15) is 9.18 Å². The summed E-state index contributed by atoms with van der Waals surface area (Å²) in [6, 6.07) is 5.02. The summed E-state index contributed by atoms with van der Waals surface area (Å²) in [5, 5.41) is 5.96. The minimum Gasteiger partial charge on any atom is -0.453 e. The number of alkyl carbamates (subject to hydrolysis) is 1. The zero-order chi connectivity index (χ0) is 16.7. The van der Waals surface area contributed by atoms with Gasteiger partial charge in [0.15, 0.2) is 0 Å². The summed E-state index contributed by atoms with van der Waals surface area (Å²) in [7, 11) is 1.32. The van der Waals surface area contributed by atoms with Gasteiger partial charge in [-0.05, 0) is 49.6 Å². The predicted molar refractivity (Wildman–Crippen MR) is 85.8 cm³/mol. The van der Waals surface area contributed by atoms with E-state index in [1.165, 1.54) is 13.2 Å². The maximum atomic E-state index is 13.8. The van der Waals surface area contributed by atoms with Crippen molar-refractivity contribution in [1.82, 2.24) is 10.6 Å². The van der Waals surface area contributed by atoms with Crippen molar-refractivity contribution < 1.29 is 18.7 Å². The van der Waals surface area contributed by atoms with E-state index >= 15 is 0 Å². The van der Waals surface area contributed by atoms with Gasteiger partial charge in [-0.25, -0.2) is 9.18 Å². The molecule has 6 heteroatoms. The monoisotopic (exact) mass is 324 g/mol. The summed E-state index contributed by atoms with van der Waals surface area (Å²) < 4.78 is 24.3. The van der Waals surface area contributed by atoms with E-state index in [-0.39, 0.29) is 11.9 Å². The second kappa shape index (κ2) is 8.84. The Morgan fingerprint density at radius 3 is 2.96 bits per heavy atom. The third-order valence-corrected chi connectivity index (χ3v) is 4.01. The number of carbonyl (C=O) groups is 1. The number of carbonyl (C=O) groups excluding carboxylic acids is 1. The minimum atomic E-state index is -0.480. The lowest BCUT2D eigenvalue weighted by atomic mass is 9.88. The highest BCUT2D eigenvalue weighted by Crippen LogP contribution is 2.31. The molecule has 1 aliphatic rings. The first-order chi connectivity index (χ1) is 11.1. The SMILES string of the molecule is COC(=O)NCCO[C@@H](c1cc(C)cc(F)c1)C1CCCNC1. The molecule has 2 rings (SSSR count). The van der Waals surface area contributed by atoms with Crippen molar-refractivity contribution in [3.05, 3.63) is 35.1 Å². The lowest BCUT2D eigenvalue weighted by Gasteiger charge is -2.31. The molecule has 2 N–H and O–H groups in total. The van der Waals surface area contributed by atoms with Gasteiger partial charge in [0.1, 0.15) is 5.82 Å². The zero-order valence-corrected chi connectivity index (χ0v) is 13.7. The van der Waals surface area contributed by atoms with Gasteiger partial charge in [-0.15, -0.1) is 0 Å². The molecule has 2 atom stereocenters.